The average molecular weight is 311 g/mol. The Morgan fingerprint density at radius 2 is 1.77 bits per heavy atom. The number of carbonyl (C=O) groups is 2. The van der Waals surface area contributed by atoms with E-state index in [4.69, 9.17) is 10.8 Å². The Morgan fingerprint density at radius 3 is 2.23 bits per heavy atom. The minimum atomic E-state index is -0.789. The Hall–Kier alpha value is -0.940. The zero-order chi connectivity index (χ0) is 16.7. The van der Waals surface area contributed by atoms with Crippen molar-refractivity contribution in [2.45, 2.75) is 65.5 Å². The van der Waals surface area contributed by atoms with Crippen LogP contribution >= 0.6 is 0 Å². The third kappa shape index (κ3) is 3.35. The van der Waals surface area contributed by atoms with Crippen molar-refractivity contribution in [3.8, 4) is 0 Å². The second kappa shape index (κ2) is 5.93. The number of hydrogen-bond donors (Lipinski definition) is 2. The fourth-order valence-corrected chi connectivity index (χ4v) is 4.49. The lowest BCUT2D eigenvalue weighted by molar-refractivity contribution is -0.898. The van der Waals surface area contributed by atoms with E-state index in [1.165, 1.54) is 0 Å². The summed E-state index contributed by atoms with van der Waals surface area (Å²) < 4.78 is 0.410. The van der Waals surface area contributed by atoms with Crippen molar-refractivity contribution in [3.05, 3.63) is 0 Å². The van der Waals surface area contributed by atoms with Crippen LogP contribution in [0.2, 0.25) is 0 Å². The van der Waals surface area contributed by atoms with E-state index in [0.717, 1.165) is 12.8 Å². The van der Waals surface area contributed by atoms with Crippen LogP contribution in [0.1, 0.15) is 53.4 Å². The Morgan fingerprint density at radius 1 is 1.18 bits per heavy atom. The second-order valence-electron chi connectivity index (χ2n) is 8.64. The lowest BCUT2D eigenvalue weighted by Gasteiger charge is -2.54. The standard InChI is InChI=1S/C17H30N2O3/c1-11-5-14(6-11)19(16(22)17(2,3)4)9-12(8-15(20)21)7-13(18)10-19/h11-14H,5-10,18H2,1-4H3/p+1. The maximum absolute atomic E-state index is 13.2. The van der Waals surface area contributed by atoms with E-state index in [2.05, 4.69) is 6.92 Å². The first-order valence-electron chi connectivity index (χ1n) is 8.43. The predicted molar refractivity (Wildman–Crippen MR) is 85.0 cm³/mol. The van der Waals surface area contributed by atoms with Gasteiger partial charge in [-0.2, -0.15) is 0 Å². The van der Waals surface area contributed by atoms with Gasteiger partial charge in [-0.05, 0) is 33.1 Å². The minimum absolute atomic E-state index is 0.00320. The van der Waals surface area contributed by atoms with E-state index in [1.807, 2.05) is 20.8 Å². The summed E-state index contributed by atoms with van der Waals surface area (Å²) in [6, 6.07) is 0.240. The van der Waals surface area contributed by atoms with Gasteiger partial charge in [0.15, 0.2) is 0 Å². The molecule has 2 aliphatic rings. The Bertz CT molecular complexity index is 451. The third-order valence-corrected chi connectivity index (χ3v) is 5.34. The summed E-state index contributed by atoms with van der Waals surface area (Å²) in [5.74, 6) is 0.102. The lowest BCUT2D eigenvalue weighted by atomic mass is 9.74. The number of nitrogens with zero attached hydrogens (tertiary/aromatic N) is 1. The molecule has 3 atom stereocenters. The van der Waals surface area contributed by atoms with Gasteiger partial charge in [0.2, 0.25) is 0 Å². The number of hydrogen-bond acceptors (Lipinski definition) is 3. The molecular weight excluding hydrogens is 280 g/mol. The summed E-state index contributed by atoms with van der Waals surface area (Å²) >= 11 is 0. The molecule has 1 saturated heterocycles. The summed E-state index contributed by atoms with van der Waals surface area (Å²) in [6.07, 6.45) is 2.93. The summed E-state index contributed by atoms with van der Waals surface area (Å²) in [5.41, 5.74) is 5.82. The monoisotopic (exact) mass is 311 g/mol. The van der Waals surface area contributed by atoms with Crippen LogP contribution in [-0.4, -0.2) is 46.6 Å². The molecule has 1 saturated carbocycles. The molecule has 0 spiro atoms. The van der Waals surface area contributed by atoms with Gasteiger partial charge < -0.3 is 10.8 Å². The van der Waals surface area contributed by atoms with Crippen molar-refractivity contribution in [2.24, 2.45) is 23.0 Å². The summed E-state index contributed by atoms with van der Waals surface area (Å²) in [5, 5.41) is 9.14. The van der Waals surface area contributed by atoms with Crippen LogP contribution in [0.25, 0.3) is 0 Å². The average Bonchev–Trinajstić information content (AvgIpc) is 2.31. The van der Waals surface area contributed by atoms with Crippen LogP contribution in [0, 0.1) is 17.3 Å². The van der Waals surface area contributed by atoms with Gasteiger partial charge in [0, 0.05) is 18.8 Å². The van der Waals surface area contributed by atoms with Crippen molar-refractivity contribution < 1.29 is 19.2 Å². The summed E-state index contributed by atoms with van der Waals surface area (Å²) in [7, 11) is 0. The van der Waals surface area contributed by atoms with Crippen LogP contribution in [0.15, 0.2) is 0 Å². The van der Waals surface area contributed by atoms with E-state index in [-0.39, 0.29) is 24.3 Å². The quantitative estimate of drug-likeness (QED) is 0.781. The highest BCUT2D eigenvalue weighted by Crippen LogP contribution is 2.42. The number of amides is 1. The zero-order valence-electron chi connectivity index (χ0n) is 14.3. The van der Waals surface area contributed by atoms with Gasteiger partial charge in [0.25, 0.3) is 0 Å². The van der Waals surface area contributed by atoms with Crippen molar-refractivity contribution in [3.63, 3.8) is 0 Å². The molecule has 5 nitrogen and oxygen atoms in total. The number of nitrogens with two attached hydrogens (primary N) is 1. The molecule has 0 radical (unpaired) electrons. The SMILES string of the molecule is CC1CC([N+]2(C(=O)C(C)(C)C)CC(N)CC(CC(=O)O)C2)C1. The first-order chi connectivity index (χ1) is 10.0. The molecule has 126 valence electrons. The number of likely N-dealkylation sites (tertiary alicyclic amines) is 1. The number of aliphatic carboxylic acids is 1. The number of carboxylic acid groups (broad SMARTS) is 1. The van der Waals surface area contributed by atoms with Gasteiger partial charge in [-0.1, -0.05) is 6.92 Å². The van der Waals surface area contributed by atoms with Crippen LogP contribution in [0.4, 0.5) is 0 Å². The van der Waals surface area contributed by atoms with Crippen LogP contribution in [-0.2, 0) is 9.59 Å². The second-order valence-corrected chi connectivity index (χ2v) is 8.64. The van der Waals surface area contributed by atoms with E-state index in [0.29, 0.717) is 36.0 Å². The molecule has 0 aromatic rings. The predicted octanol–water partition coefficient (Wildman–Crippen LogP) is 2.00. The molecule has 0 aromatic carbocycles. The molecule has 1 aliphatic carbocycles. The highest BCUT2D eigenvalue weighted by atomic mass is 16.4. The first kappa shape index (κ1) is 17.4. The fourth-order valence-electron chi connectivity index (χ4n) is 4.49. The van der Waals surface area contributed by atoms with E-state index < -0.39 is 11.4 Å². The van der Waals surface area contributed by atoms with E-state index in [9.17, 15) is 9.59 Å². The normalized spacial score (nSPS) is 39.1. The molecule has 3 unspecified atom stereocenters. The molecule has 0 bridgehead atoms. The van der Waals surface area contributed by atoms with Crippen LogP contribution in [0.5, 0.6) is 0 Å². The molecule has 1 heterocycles. The van der Waals surface area contributed by atoms with Gasteiger partial charge in [-0.25, -0.2) is 4.79 Å². The number of piperidine rings is 1. The highest BCUT2D eigenvalue weighted by molar-refractivity contribution is 5.75. The van der Waals surface area contributed by atoms with E-state index >= 15 is 0 Å². The van der Waals surface area contributed by atoms with Gasteiger partial charge >= 0.3 is 11.9 Å². The molecule has 3 N–H and O–H groups in total. The topological polar surface area (TPSA) is 80.4 Å². The molecule has 5 heteroatoms. The maximum Gasteiger partial charge on any atom is 0.319 e. The van der Waals surface area contributed by atoms with Crippen molar-refractivity contribution in [1.82, 2.24) is 0 Å². The molecule has 22 heavy (non-hydrogen) atoms. The Labute approximate surface area is 133 Å². The number of quaternary nitrogens is 1. The minimum Gasteiger partial charge on any atom is -0.481 e. The number of carboxylic acids is 1. The van der Waals surface area contributed by atoms with Crippen molar-refractivity contribution >= 4 is 11.9 Å². The summed E-state index contributed by atoms with van der Waals surface area (Å²) in [4.78, 5) is 24.4. The highest BCUT2D eigenvalue weighted by Gasteiger charge is 2.56. The third-order valence-electron chi connectivity index (χ3n) is 5.34. The van der Waals surface area contributed by atoms with Gasteiger partial charge in [0.05, 0.1) is 30.5 Å². The number of carbonyl (C=O) groups excluding carboxylic acids is 1. The summed E-state index contributed by atoms with van der Waals surface area (Å²) in [6.45, 7) is 9.42. The van der Waals surface area contributed by atoms with Crippen molar-refractivity contribution in [2.75, 3.05) is 13.1 Å². The van der Waals surface area contributed by atoms with Crippen LogP contribution in [0.3, 0.4) is 0 Å². The first-order valence-corrected chi connectivity index (χ1v) is 8.43. The largest absolute Gasteiger partial charge is 0.481 e. The van der Waals surface area contributed by atoms with Crippen LogP contribution < -0.4 is 5.73 Å². The Balaban J connectivity index is 2.30. The number of rotatable bonds is 3. The lowest BCUT2D eigenvalue weighted by Crippen LogP contribution is -2.72. The van der Waals surface area contributed by atoms with Gasteiger partial charge in [-0.3, -0.25) is 9.28 Å². The molecule has 1 amide bonds. The van der Waals surface area contributed by atoms with Gasteiger partial charge in [-0.15, -0.1) is 0 Å². The van der Waals surface area contributed by atoms with Gasteiger partial charge in [0.1, 0.15) is 6.54 Å². The molecule has 2 rings (SSSR count). The van der Waals surface area contributed by atoms with Crippen molar-refractivity contribution in [1.29, 1.82) is 0 Å². The molecule has 0 aromatic heterocycles. The molecule has 2 fully saturated rings. The molecule has 1 aliphatic heterocycles. The molecular formula is C17H31N2O3+. The fraction of sp³-hybridized carbons (Fsp3) is 0.882. The Kier molecular flexibility index (Phi) is 4.69. The van der Waals surface area contributed by atoms with E-state index in [1.54, 1.807) is 0 Å². The maximum atomic E-state index is 13.2. The smallest absolute Gasteiger partial charge is 0.319 e. The zero-order valence-corrected chi connectivity index (χ0v) is 14.3.